The van der Waals surface area contributed by atoms with Gasteiger partial charge in [0.1, 0.15) is 5.82 Å². The van der Waals surface area contributed by atoms with Crippen molar-refractivity contribution < 1.29 is 9.18 Å². The molecule has 1 aliphatic rings. The van der Waals surface area contributed by atoms with E-state index in [0.29, 0.717) is 12.1 Å². The minimum absolute atomic E-state index is 0.0132. The molecule has 4 aromatic rings. The molecule has 30 heavy (non-hydrogen) atoms. The number of aromatic nitrogens is 4. The number of hydrogen-bond acceptors (Lipinski definition) is 4. The number of pyridine rings is 2. The number of hydrogen-bond donors (Lipinski definition) is 0. The first-order chi connectivity index (χ1) is 14.7. The van der Waals surface area contributed by atoms with E-state index in [4.69, 9.17) is 0 Å². The lowest BCUT2D eigenvalue weighted by molar-refractivity contribution is 0.0704. The second kappa shape index (κ2) is 7.67. The fourth-order valence-electron chi connectivity index (χ4n) is 3.96. The molecule has 1 aromatic carbocycles. The highest BCUT2D eigenvalue weighted by Crippen LogP contribution is 2.27. The molecule has 3 aromatic heterocycles. The molecule has 1 fully saturated rings. The Hall–Kier alpha value is -3.61. The molecule has 5 rings (SSSR count). The van der Waals surface area contributed by atoms with Crippen molar-refractivity contribution in [1.29, 1.82) is 0 Å². The van der Waals surface area contributed by atoms with Crippen LogP contribution in [0.5, 0.6) is 0 Å². The molecule has 4 heterocycles. The minimum atomic E-state index is -0.270. The summed E-state index contributed by atoms with van der Waals surface area (Å²) < 4.78 is 15.3. The highest BCUT2D eigenvalue weighted by atomic mass is 19.1. The number of halogens is 1. The summed E-state index contributed by atoms with van der Waals surface area (Å²) in [6.07, 6.45) is 6.98. The van der Waals surface area contributed by atoms with E-state index in [1.54, 1.807) is 35.1 Å². The topological polar surface area (TPSA) is 63.4 Å². The van der Waals surface area contributed by atoms with Crippen molar-refractivity contribution in [2.45, 2.75) is 18.8 Å². The summed E-state index contributed by atoms with van der Waals surface area (Å²) in [6.45, 7) is 1.32. The molecule has 1 atom stereocenters. The van der Waals surface area contributed by atoms with Gasteiger partial charge in [0.05, 0.1) is 0 Å². The van der Waals surface area contributed by atoms with Gasteiger partial charge in [-0.25, -0.2) is 13.9 Å². The van der Waals surface area contributed by atoms with Gasteiger partial charge < -0.3 is 4.90 Å². The van der Waals surface area contributed by atoms with E-state index >= 15 is 0 Å². The van der Waals surface area contributed by atoms with Crippen LogP contribution in [0.15, 0.2) is 67.1 Å². The van der Waals surface area contributed by atoms with Gasteiger partial charge in [0.25, 0.3) is 5.91 Å². The zero-order valence-corrected chi connectivity index (χ0v) is 16.3. The molecule has 150 valence electrons. The van der Waals surface area contributed by atoms with Gasteiger partial charge in [0.2, 0.25) is 0 Å². The highest BCUT2D eigenvalue weighted by molar-refractivity contribution is 5.94. The van der Waals surface area contributed by atoms with Crippen LogP contribution in [0.25, 0.3) is 16.8 Å². The molecule has 7 heteroatoms. The molecular weight excluding hydrogens is 381 g/mol. The predicted molar refractivity (Wildman–Crippen MR) is 110 cm³/mol. The Morgan fingerprint density at radius 2 is 1.93 bits per heavy atom. The summed E-state index contributed by atoms with van der Waals surface area (Å²) in [6, 6.07) is 13.8. The Morgan fingerprint density at radius 1 is 1.07 bits per heavy atom. The van der Waals surface area contributed by atoms with Crippen LogP contribution in [-0.2, 0) is 0 Å². The van der Waals surface area contributed by atoms with Gasteiger partial charge in [-0.1, -0.05) is 12.1 Å². The Bertz CT molecular complexity index is 1210. The van der Waals surface area contributed by atoms with Gasteiger partial charge in [-0.05, 0) is 54.8 Å². The van der Waals surface area contributed by atoms with Crippen LogP contribution in [0.4, 0.5) is 4.39 Å². The number of piperidine rings is 1. The summed E-state index contributed by atoms with van der Waals surface area (Å²) >= 11 is 0. The Kier molecular flexibility index (Phi) is 4.71. The van der Waals surface area contributed by atoms with Crippen LogP contribution in [-0.4, -0.2) is 43.5 Å². The maximum Gasteiger partial charge on any atom is 0.253 e. The van der Waals surface area contributed by atoms with Crippen LogP contribution in [0, 0.1) is 5.82 Å². The van der Waals surface area contributed by atoms with Crippen molar-refractivity contribution >= 4 is 11.6 Å². The minimum Gasteiger partial charge on any atom is -0.338 e. The van der Waals surface area contributed by atoms with E-state index in [-0.39, 0.29) is 17.6 Å². The lowest BCUT2D eigenvalue weighted by atomic mass is 9.97. The van der Waals surface area contributed by atoms with Crippen molar-refractivity contribution in [1.82, 2.24) is 24.5 Å². The largest absolute Gasteiger partial charge is 0.338 e. The van der Waals surface area contributed by atoms with Gasteiger partial charge in [0, 0.05) is 48.7 Å². The average Bonchev–Trinajstić information content (AvgIpc) is 3.23. The van der Waals surface area contributed by atoms with E-state index < -0.39 is 0 Å². The van der Waals surface area contributed by atoms with E-state index in [9.17, 15) is 9.18 Å². The van der Waals surface area contributed by atoms with Crippen molar-refractivity contribution in [2.24, 2.45) is 0 Å². The Balaban J connectivity index is 1.39. The summed E-state index contributed by atoms with van der Waals surface area (Å²) in [4.78, 5) is 23.3. The molecule has 1 saturated heterocycles. The summed E-state index contributed by atoms with van der Waals surface area (Å²) in [5.41, 5.74) is 3.05. The molecular formula is C23H20FN5O. The van der Waals surface area contributed by atoms with E-state index in [1.165, 1.54) is 12.1 Å². The number of rotatable bonds is 3. The first-order valence-corrected chi connectivity index (χ1v) is 9.99. The number of nitrogens with zero attached hydrogens (tertiary/aromatic N) is 5. The number of likely N-dealkylation sites (tertiary alicyclic amines) is 1. The van der Waals surface area contributed by atoms with Crippen LogP contribution < -0.4 is 0 Å². The summed E-state index contributed by atoms with van der Waals surface area (Å²) in [7, 11) is 0. The molecule has 0 spiro atoms. The van der Waals surface area contributed by atoms with E-state index in [0.717, 1.165) is 42.0 Å². The maximum absolute atomic E-state index is 13.6. The third-order valence-electron chi connectivity index (χ3n) is 5.51. The quantitative estimate of drug-likeness (QED) is 0.521. The Labute approximate surface area is 173 Å². The number of amides is 1. The standard InChI is InChI=1S/C23H20FN5O/c24-20-5-1-3-17(13-20)18-6-7-21-26-22(27-29(21)15-18)19-4-2-12-28(14-19)23(30)16-8-10-25-11-9-16/h1,3,5-11,13,15,19H,2,4,12,14H2/t19-/m0/s1. The molecule has 0 radical (unpaired) electrons. The van der Waals surface area contributed by atoms with Gasteiger partial charge in [-0.2, -0.15) is 5.10 Å². The molecule has 0 bridgehead atoms. The van der Waals surface area contributed by atoms with Crippen LogP contribution in [0.2, 0.25) is 0 Å². The van der Waals surface area contributed by atoms with Crippen molar-refractivity contribution in [3.8, 4) is 11.1 Å². The molecule has 0 N–H and O–H groups in total. The third kappa shape index (κ3) is 3.54. The van der Waals surface area contributed by atoms with Crippen LogP contribution >= 0.6 is 0 Å². The maximum atomic E-state index is 13.6. The molecule has 0 aliphatic carbocycles. The zero-order chi connectivity index (χ0) is 20.5. The smallest absolute Gasteiger partial charge is 0.253 e. The SMILES string of the molecule is O=C(c1ccncc1)N1CCC[C@H](c2nc3ccc(-c4cccc(F)c4)cn3n2)C1. The first-order valence-electron chi connectivity index (χ1n) is 9.99. The first kappa shape index (κ1) is 18.4. The normalized spacial score (nSPS) is 16.7. The molecule has 1 aliphatic heterocycles. The molecule has 6 nitrogen and oxygen atoms in total. The molecule has 1 amide bonds. The number of fused-ring (bicyclic) bond motifs is 1. The lowest BCUT2D eigenvalue weighted by Gasteiger charge is -2.31. The fourth-order valence-corrected chi connectivity index (χ4v) is 3.96. The molecule has 0 unspecified atom stereocenters. The van der Waals surface area contributed by atoms with Gasteiger partial charge >= 0.3 is 0 Å². The van der Waals surface area contributed by atoms with Crippen LogP contribution in [0.1, 0.15) is 34.9 Å². The molecule has 0 saturated carbocycles. The predicted octanol–water partition coefficient (Wildman–Crippen LogP) is 3.95. The van der Waals surface area contributed by atoms with E-state index in [1.807, 2.05) is 29.3 Å². The Morgan fingerprint density at radius 3 is 2.77 bits per heavy atom. The third-order valence-corrected chi connectivity index (χ3v) is 5.51. The van der Waals surface area contributed by atoms with Crippen LogP contribution in [0.3, 0.4) is 0 Å². The van der Waals surface area contributed by atoms with Crippen molar-refractivity contribution in [3.05, 3.63) is 84.3 Å². The second-order valence-corrected chi connectivity index (χ2v) is 7.53. The zero-order valence-electron chi connectivity index (χ0n) is 16.3. The lowest BCUT2D eigenvalue weighted by Crippen LogP contribution is -2.39. The van der Waals surface area contributed by atoms with Gasteiger partial charge in [-0.3, -0.25) is 9.78 Å². The van der Waals surface area contributed by atoms with Gasteiger partial charge in [-0.15, -0.1) is 0 Å². The summed E-state index contributed by atoms with van der Waals surface area (Å²) in [5, 5.41) is 4.68. The second-order valence-electron chi connectivity index (χ2n) is 7.53. The van der Waals surface area contributed by atoms with Gasteiger partial charge in [0.15, 0.2) is 11.5 Å². The van der Waals surface area contributed by atoms with Crippen molar-refractivity contribution in [3.63, 3.8) is 0 Å². The summed E-state index contributed by atoms with van der Waals surface area (Å²) in [5.74, 6) is 0.563. The highest BCUT2D eigenvalue weighted by Gasteiger charge is 2.28. The fraction of sp³-hybridized carbons (Fsp3) is 0.217. The number of carbonyl (C=O) groups is 1. The monoisotopic (exact) mass is 401 g/mol. The average molecular weight is 401 g/mol. The van der Waals surface area contributed by atoms with Crippen molar-refractivity contribution in [2.75, 3.05) is 13.1 Å². The number of benzene rings is 1. The van der Waals surface area contributed by atoms with E-state index in [2.05, 4.69) is 15.1 Å². The number of carbonyl (C=O) groups excluding carboxylic acids is 1.